The van der Waals surface area contributed by atoms with E-state index < -0.39 is 0 Å². The number of Topliss-reactive ketones (excluding diaryl/α,β-unsaturated/α-hetero) is 1. The van der Waals surface area contributed by atoms with Crippen molar-refractivity contribution in [2.45, 2.75) is 25.7 Å². The molecule has 0 aliphatic carbocycles. The summed E-state index contributed by atoms with van der Waals surface area (Å²) in [4.78, 5) is 15.4. The standard InChI is InChI=1S/C11H16N2O/c12-7-3-1-2-6-11(14)10-5-4-8-13-9-10/h4-5,8-9H,1-3,6-7,12H2. The Kier molecular flexibility index (Phi) is 4.86. The van der Waals surface area contributed by atoms with E-state index in [2.05, 4.69) is 4.98 Å². The lowest BCUT2D eigenvalue weighted by Crippen LogP contribution is -2.01. The molecule has 0 radical (unpaired) electrons. The first kappa shape index (κ1) is 10.9. The number of rotatable bonds is 6. The minimum Gasteiger partial charge on any atom is -0.330 e. The largest absolute Gasteiger partial charge is 0.330 e. The zero-order chi connectivity index (χ0) is 10.2. The molecule has 1 aromatic heterocycles. The molecule has 1 aromatic rings. The summed E-state index contributed by atoms with van der Waals surface area (Å²) in [6.45, 7) is 0.709. The number of nitrogens with two attached hydrogens (primary N) is 1. The van der Waals surface area contributed by atoms with Crippen LogP contribution in [0.1, 0.15) is 36.0 Å². The molecule has 3 heteroatoms. The lowest BCUT2D eigenvalue weighted by Gasteiger charge is -1.99. The summed E-state index contributed by atoms with van der Waals surface area (Å²) in [6.07, 6.45) is 6.84. The molecule has 0 saturated heterocycles. The Morgan fingerprint density at radius 3 is 2.86 bits per heavy atom. The first-order chi connectivity index (χ1) is 6.84. The molecule has 0 unspecified atom stereocenters. The fourth-order valence-corrected chi connectivity index (χ4v) is 1.28. The predicted octanol–water partition coefficient (Wildman–Crippen LogP) is 1.78. The van der Waals surface area contributed by atoms with Gasteiger partial charge in [-0.1, -0.05) is 6.42 Å². The van der Waals surface area contributed by atoms with E-state index in [0.717, 1.165) is 19.3 Å². The van der Waals surface area contributed by atoms with Crippen LogP contribution in [0.2, 0.25) is 0 Å². The minimum absolute atomic E-state index is 0.176. The first-order valence-corrected chi connectivity index (χ1v) is 4.98. The van der Waals surface area contributed by atoms with Crippen LogP contribution in [-0.2, 0) is 0 Å². The number of pyridine rings is 1. The summed E-state index contributed by atoms with van der Waals surface area (Å²) in [7, 11) is 0. The molecular formula is C11H16N2O. The first-order valence-electron chi connectivity index (χ1n) is 4.98. The lowest BCUT2D eigenvalue weighted by molar-refractivity contribution is 0.0979. The molecule has 0 aliphatic rings. The Morgan fingerprint density at radius 2 is 2.21 bits per heavy atom. The number of unbranched alkanes of at least 4 members (excludes halogenated alkanes) is 2. The Hall–Kier alpha value is -1.22. The van der Waals surface area contributed by atoms with Gasteiger partial charge in [0.2, 0.25) is 0 Å². The second-order valence-electron chi connectivity index (χ2n) is 3.26. The van der Waals surface area contributed by atoms with Gasteiger partial charge in [-0.05, 0) is 31.5 Å². The van der Waals surface area contributed by atoms with Gasteiger partial charge in [-0.3, -0.25) is 9.78 Å². The van der Waals surface area contributed by atoms with Gasteiger partial charge >= 0.3 is 0 Å². The Balaban J connectivity index is 2.29. The van der Waals surface area contributed by atoms with Gasteiger partial charge in [-0.25, -0.2) is 0 Å². The van der Waals surface area contributed by atoms with E-state index in [4.69, 9.17) is 5.73 Å². The number of carbonyl (C=O) groups is 1. The van der Waals surface area contributed by atoms with E-state index in [-0.39, 0.29) is 5.78 Å². The summed E-state index contributed by atoms with van der Waals surface area (Å²) in [6, 6.07) is 3.59. The van der Waals surface area contributed by atoms with Crippen molar-refractivity contribution >= 4 is 5.78 Å². The highest BCUT2D eigenvalue weighted by atomic mass is 16.1. The average molecular weight is 192 g/mol. The third kappa shape index (κ3) is 3.66. The topological polar surface area (TPSA) is 56.0 Å². The molecule has 0 spiro atoms. The maximum atomic E-state index is 11.5. The fourth-order valence-electron chi connectivity index (χ4n) is 1.28. The van der Waals surface area contributed by atoms with Crippen molar-refractivity contribution in [1.29, 1.82) is 0 Å². The van der Waals surface area contributed by atoms with Crippen LogP contribution in [0.25, 0.3) is 0 Å². The molecule has 0 amide bonds. The van der Waals surface area contributed by atoms with Crippen molar-refractivity contribution in [1.82, 2.24) is 4.98 Å². The quantitative estimate of drug-likeness (QED) is 0.552. The maximum Gasteiger partial charge on any atom is 0.164 e. The molecule has 0 aliphatic heterocycles. The molecule has 0 bridgehead atoms. The average Bonchev–Trinajstić information content (AvgIpc) is 2.25. The third-order valence-electron chi connectivity index (χ3n) is 2.09. The molecule has 1 heterocycles. The molecule has 3 nitrogen and oxygen atoms in total. The summed E-state index contributed by atoms with van der Waals surface area (Å²) in [5, 5.41) is 0. The normalized spacial score (nSPS) is 10.1. The Bertz CT molecular complexity index is 272. The van der Waals surface area contributed by atoms with E-state index in [1.165, 1.54) is 0 Å². The van der Waals surface area contributed by atoms with Crippen LogP contribution >= 0.6 is 0 Å². The summed E-state index contributed by atoms with van der Waals surface area (Å²) in [5.74, 6) is 0.176. The smallest absolute Gasteiger partial charge is 0.164 e. The van der Waals surface area contributed by atoms with Crippen molar-refractivity contribution in [2.75, 3.05) is 6.54 Å². The number of carbonyl (C=O) groups excluding carboxylic acids is 1. The Morgan fingerprint density at radius 1 is 1.36 bits per heavy atom. The highest BCUT2D eigenvalue weighted by molar-refractivity contribution is 5.95. The molecule has 0 atom stereocenters. The molecule has 1 rings (SSSR count). The van der Waals surface area contributed by atoms with Gasteiger partial charge in [0.25, 0.3) is 0 Å². The predicted molar refractivity (Wildman–Crippen MR) is 56.1 cm³/mol. The third-order valence-corrected chi connectivity index (χ3v) is 2.09. The molecule has 76 valence electrons. The van der Waals surface area contributed by atoms with Gasteiger partial charge in [-0.2, -0.15) is 0 Å². The van der Waals surface area contributed by atoms with Crippen molar-refractivity contribution in [2.24, 2.45) is 5.73 Å². The second kappa shape index (κ2) is 6.27. The number of ketones is 1. The highest BCUT2D eigenvalue weighted by Gasteiger charge is 2.03. The van der Waals surface area contributed by atoms with E-state index in [1.807, 2.05) is 0 Å². The van der Waals surface area contributed by atoms with Crippen LogP contribution in [0.5, 0.6) is 0 Å². The van der Waals surface area contributed by atoms with Crippen LogP contribution in [0.15, 0.2) is 24.5 Å². The van der Waals surface area contributed by atoms with Crippen LogP contribution in [-0.4, -0.2) is 17.3 Å². The molecular weight excluding hydrogens is 176 g/mol. The van der Waals surface area contributed by atoms with Gasteiger partial charge in [0.15, 0.2) is 5.78 Å². The van der Waals surface area contributed by atoms with Crippen molar-refractivity contribution < 1.29 is 4.79 Å². The molecule has 0 fully saturated rings. The van der Waals surface area contributed by atoms with Crippen molar-refractivity contribution in [3.63, 3.8) is 0 Å². The Labute approximate surface area is 84.3 Å². The lowest BCUT2D eigenvalue weighted by atomic mass is 10.1. The van der Waals surface area contributed by atoms with Crippen molar-refractivity contribution in [3.8, 4) is 0 Å². The van der Waals surface area contributed by atoms with Crippen LogP contribution in [0, 0.1) is 0 Å². The fraction of sp³-hybridized carbons (Fsp3) is 0.455. The zero-order valence-electron chi connectivity index (χ0n) is 8.28. The van der Waals surface area contributed by atoms with Gasteiger partial charge in [0.05, 0.1) is 0 Å². The number of hydrogen-bond donors (Lipinski definition) is 1. The van der Waals surface area contributed by atoms with E-state index >= 15 is 0 Å². The summed E-state index contributed by atoms with van der Waals surface area (Å²) < 4.78 is 0. The number of hydrogen-bond acceptors (Lipinski definition) is 3. The molecule has 0 saturated carbocycles. The number of aromatic nitrogens is 1. The molecule has 14 heavy (non-hydrogen) atoms. The maximum absolute atomic E-state index is 11.5. The van der Waals surface area contributed by atoms with Gasteiger partial charge in [-0.15, -0.1) is 0 Å². The molecule has 2 N–H and O–H groups in total. The van der Waals surface area contributed by atoms with Crippen LogP contribution in [0.3, 0.4) is 0 Å². The van der Waals surface area contributed by atoms with Gasteiger partial charge in [0.1, 0.15) is 0 Å². The van der Waals surface area contributed by atoms with Crippen molar-refractivity contribution in [3.05, 3.63) is 30.1 Å². The summed E-state index contributed by atoms with van der Waals surface area (Å²) in [5.41, 5.74) is 6.07. The number of nitrogens with zero attached hydrogens (tertiary/aromatic N) is 1. The van der Waals surface area contributed by atoms with Crippen LogP contribution in [0.4, 0.5) is 0 Å². The second-order valence-corrected chi connectivity index (χ2v) is 3.26. The van der Waals surface area contributed by atoms with Crippen LogP contribution < -0.4 is 5.73 Å². The monoisotopic (exact) mass is 192 g/mol. The highest BCUT2D eigenvalue weighted by Crippen LogP contribution is 2.06. The summed E-state index contributed by atoms with van der Waals surface area (Å²) >= 11 is 0. The van der Waals surface area contributed by atoms with E-state index in [1.54, 1.807) is 24.5 Å². The minimum atomic E-state index is 0.176. The SMILES string of the molecule is NCCCCCC(=O)c1cccnc1. The van der Waals surface area contributed by atoms with E-state index in [9.17, 15) is 4.79 Å². The van der Waals surface area contributed by atoms with E-state index in [0.29, 0.717) is 18.5 Å². The van der Waals surface area contributed by atoms with Gasteiger partial charge < -0.3 is 5.73 Å². The van der Waals surface area contributed by atoms with Gasteiger partial charge in [0, 0.05) is 24.4 Å². The molecule has 0 aromatic carbocycles. The zero-order valence-corrected chi connectivity index (χ0v) is 8.28.